The van der Waals surface area contributed by atoms with E-state index >= 15 is 0 Å². The van der Waals surface area contributed by atoms with Gasteiger partial charge in [0.1, 0.15) is 6.04 Å². The number of esters is 2. The Hall–Kier alpha value is -3.04. The Bertz CT molecular complexity index is 709. The molecule has 0 heterocycles. The van der Waals surface area contributed by atoms with Crippen LogP contribution in [-0.4, -0.2) is 44.0 Å². The Labute approximate surface area is 147 Å². The van der Waals surface area contributed by atoms with Crippen molar-refractivity contribution < 1.29 is 37.4 Å². The monoisotopic (exact) mass is 372 g/mol. The summed E-state index contributed by atoms with van der Waals surface area (Å²) in [5.41, 5.74) is 4.96. The zero-order valence-electron chi connectivity index (χ0n) is 14.2. The van der Waals surface area contributed by atoms with Crippen LogP contribution in [0.2, 0.25) is 0 Å². The predicted molar refractivity (Wildman–Crippen MR) is 83.5 cm³/mol. The number of ether oxygens (including phenoxy) is 2. The fraction of sp³-hybridized carbons (Fsp3) is 0.375. The first-order chi connectivity index (χ1) is 12.1. The number of amides is 2. The first kappa shape index (κ1) is 21.0. The number of nitrogens with one attached hydrogen (secondary N) is 1. The zero-order chi connectivity index (χ0) is 20.0. The molecule has 0 aliphatic carbocycles. The van der Waals surface area contributed by atoms with Gasteiger partial charge in [0.15, 0.2) is 17.6 Å². The van der Waals surface area contributed by atoms with Gasteiger partial charge in [0.25, 0.3) is 5.91 Å². The van der Waals surface area contributed by atoms with Crippen LogP contribution >= 0.6 is 0 Å². The van der Waals surface area contributed by atoms with Gasteiger partial charge in [-0.15, -0.1) is 0 Å². The molecule has 0 bridgehead atoms. The number of primary amides is 1. The second kappa shape index (κ2) is 8.88. The topological polar surface area (TPSA) is 125 Å². The highest BCUT2D eigenvalue weighted by atomic mass is 19.2. The second-order valence-corrected chi connectivity index (χ2v) is 5.37. The molecule has 0 unspecified atom stereocenters. The lowest BCUT2D eigenvalue weighted by Gasteiger charge is -2.26. The quantitative estimate of drug-likeness (QED) is 0.518. The van der Waals surface area contributed by atoms with E-state index in [4.69, 9.17) is 5.73 Å². The summed E-state index contributed by atoms with van der Waals surface area (Å²) in [5, 5.41) is 2.20. The molecular formula is C16H18F2N2O6. The van der Waals surface area contributed by atoms with E-state index < -0.39 is 53.3 Å². The number of nitrogens with two attached hydrogens (primary N) is 1. The van der Waals surface area contributed by atoms with Crippen molar-refractivity contribution in [2.75, 3.05) is 14.2 Å². The number of halogens is 2. The summed E-state index contributed by atoms with van der Waals surface area (Å²) >= 11 is 0. The molecule has 10 heteroatoms. The molecular weight excluding hydrogens is 354 g/mol. The summed E-state index contributed by atoms with van der Waals surface area (Å²) in [6.45, 7) is 1.31. The van der Waals surface area contributed by atoms with E-state index in [1.165, 1.54) is 6.92 Å². The maximum absolute atomic E-state index is 13.3. The van der Waals surface area contributed by atoms with E-state index in [0.717, 1.165) is 26.4 Å². The number of hydrogen-bond donors (Lipinski definition) is 2. The van der Waals surface area contributed by atoms with Crippen molar-refractivity contribution in [1.82, 2.24) is 5.32 Å². The van der Waals surface area contributed by atoms with Crippen LogP contribution in [0.5, 0.6) is 0 Å². The van der Waals surface area contributed by atoms with E-state index in [0.29, 0.717) is 6.07 Å². The Morgan fingerprint density at radius 1 is 1.04 bits per heavy atom. The number of benzene rings is 1. The van der Waals surface area contributed by atoms with Crippen molar-refractivity contribution in [3.05, 3.63) is 35.4 Å². The summed E-state index contributed by atoms with van der Waals surface area (Å²) < 4.78 is 35.2. The lowest BCUT2D eigenvalue weighted by Crippen LogP contribution is -2.52. The van der Waals surface area contributed by atoms with Crippen LogP contribution in [0.15, 0.2) is 18.2 Å². The minimum atomic E-state index is -1.53. The summed E-state index contributed by atoms with van der Waals surface area (Å²) in [6, 6.07) is 0.873. The van der Waals surface area contributed by atoms with Gasteiger partial charge in [-0.1, -0.05) is 6.92 Å². The van der Waals surface area contributed by atoms with Crippen molar-refractivity contribution in [3.8, 4) is 0 Å². The molecule has 1 aromatic rings. The lowest BCUT2D eigenvalue weighted by molar-refractivity contribution is -0.161. The Morgan fingerprint density at radius 2 is 1.58 bits per heavy atom. The molecule has 0 spiro atoms. The normalized spacial score (nSPS) is 12.8. The molecule has 0 aliphatic rings. The molecule has 2 amide bonds. The second-order valence-electron chi connectivity index (χ2n) is 5.37. The van der Waals surface area contributed by atoms with Crippen LogP contribution in [0.25, 0.3) is 0 Å². The van der Waals surface area contributed by atoms with Gasteiger partial charge in [0, 0.05) is 11.5 Å². The SMILES string of the molecule is COC(=O)C(C(=O)OC)[C@H](C)[C@H](NC(=O)c1ccc(F)c(F)c1)C(N)=O. The highest BCUT2D eigenvalue weighted by molar-refractivity contribution is 5.99. The van der Waals surface area contributed by atoms with Gasteiger partial charge >= 0.3 is 11.9 Å². The van der Waals surface area contributed by atoms with Crippen LogP contribution in [0.1, 0.15) is 17.3 Å². The van der Waals surface area contributed by atoms with Gasteiger partial charge in [-0.3, -0.25) is 19.2 Å². The lowest BCUT2D eigenvalue weighted by atomic mass is 9.86. The van der Waals surface area contributed by atoms with Crippen LogP contribution in [0.3, 0.4) is 0 Å². The Balaban J connectivity index is 3.11. The standard InChI is InChI=1S/C16H18F2N2O6/c1-7(11(15(23)25-2)16(24)26-3)12(13(19)21)20-14(22)8-4-5-9(17)10(18)6-8/h4-7,11-12H,1-3H3,(H2,19,21)(H,20,22)/t7-,12-/m0/s1. The molecule has 0 saturated heterocycles. The van der Waals surface area contributed by atoms with E-state index in [9.17, 15) is 28.0 Å². The molecule has 2 atom stereocenters. The van der Waals surface area contributed by atoms with E-state index in [1.54, 1.807) is 0 Å². The smallest absolute Gasteiger partial charge is 0.320 e. The molecule has 1 rings (SSSR count). The number of rotatable bonds is 7. The molecule has 0 aromatic heterocycles. The van der Waals surface area contributed by atoms with Crippen LogP contribution < -0.4 is 11.1 Å². The third-order valence-electron chi connectivity index (χ3n) is 3.74. The molecule has 1 aromatic carbocycles. The number of methoxy groups -OCH3 is 2. The Kier molecular flexibility index (Phi) is 7.17. The van der Waals surface area contributed by atoms with E-state index in [-0.39, 0.29) is 5.56 Å². The van der Waals surface area contributed by atoms with Crippen molar-refractivity contribution in [2.45, 2.75) is 13.0 Å². The number of carbonyl (C=O) groups is 4. The molecule has 0 saturated carbocycles. The number of carbonyl (C=O) groups excluding carboxylic acids is 4. The maximum atomic E-state index is 13.3. The van der Waals surface area contributed by atoms with Gasteiger partial charge in [-0.2, -0.15) is 0 Å². The van der Waals surface area contributed by atoms with Crippen molar-refractivity contribution in [2.24, 2.45) is 17.6 Å². The van der Waals surface area contributed by atoms with Crippen LogP contribution in [0, 0.1) is 23.5 Å². The van der Waals surface area contributed by atoms with Gasteiger partial charge in [-0.25, -0.2) is 8.78 Å². The van der Waals surface area contributed by atoms with Crippen LogP contribution in [0.4, 0.5) is 8.78 Å². The first-order valence-corrected chi connectivity index (χ1v) is 7.34. The third kappa shape index (κ3) is 4.74. The average Bonchev–Trinajstić information content (AvgIpc) is 2.60. The molecule has 3 N–H and O–H groups in total. The number of hydrogen-bond acceptors (Lipinski definition) is 6. The summed E-state index contributed by atoms with van der Waals surface area (Å²) in [6.07, 6.45) is 0. The average molecular weight is 372 g/mol. The largest absolute Gasteiger partial charge is 0.468 e. The molecule has 142 valence electrons. The van der Waals surface area contributed by atoms with Crippen molar-refractivity contribution >= 4 is 23.8 Å². The molecule has 0 aliphatic heterocycles. The predicted octanol–water partition coefficient (Wildman–Crippen LogP) is 0.147. The van der Waals surface area contributed by atoms with E-state index in [2.05, 4.69) is 14.8 Å². The van der Waals surface area contributed by atoms with Gasteiger partial charge in [0.2, 0.25) is 5.91 Å². The van der Waals surface area contributed by atoms with Gasteiger partial charge < -0.3 is 20.5 Å². The maximum Gasteiger partial charge on any atom is 0.320 e. The highest BCUT2D eigenvalue weighted by Crippen LogP contribution is 2.20. The molecule has 26 heavy (non-hydrogen) atoms. The fourth-order valence-corrected chi connectivity index (χ4v) is 2.30. The van der Waals surface area contributed by atoms with E-state index in [1.807, 2.05) is 0 Å². The molecule has 8 nitrogen and oxygen atoms in total. The fourth-order valence-electron chi connectivity index (χ4n) is 2.30. The van der Waals surface area contributed by atoms with Crippen molar-refractivity contribution in [1.29, 1.82) is 0 Å². The Morgan fingerprint density at radius 3 is 2.00 bits per heavy atom. The van der Waals surface area contributed by atoms with Crippen LogP contribution in [-0.2, 0) is 23.9 Å². The summed E-state index contributed by atoms with van der Waals surface area (Å²) in [5.74, 6) is -9.06. The first-order valence-electron chi connectivity index (χ1n) is 7.34. The van der Waals surface area contributed by atoms with Gasteiger partial charge in [0.05, 0.1) is 14.2 Å². The minimum Gasteiger partial charge on any atom is -0.468 e. The summed E-state index contributed by atoms with van der Waals surface area (Å²) in [4.78, 5) is 47.6. The molecule has 0 radical (unpaired) electrons. The van der Waals surface area contributed by atoms with Gasteiger partial charge in [-0.05, 0) is 18.2 Å². The summed E-state index contributed by atoms with van der Waals surface area (Å²) in [7, 11) is 2.06. The molecule has 0 fully saturated rings. The highest BCUT2D eigenvalue weighted by Gasteiger charge is 2.41. The zero-order valence-corrected chi connectivity index (χ0v) is 14.2. The minimum absolute atomic E-state index is 0.282. The third-order valence-corrected chi connectivity index (χ3v) is 3.74. The van der Waals surface area contributed by atoms with Crippen molar-refractivity contribution in [3.63, 3.8) is 0 Å².